The third kappa shape index (κ3) is 4.74. The van der Waals surface area contributed by atoms with Crippen LogP contribution in [0.15, 0.2) is 18.2 Å². The Morgan fingerprint density at radius 1 is 1.40 bits per heavy atom. The van der Waals surface area contributed by atoms with Crippen molar-refractivity contribution in [3.8, 4) is 0 Å². The molecule has 0 aromatic heterocycles. The summed E-state index contributed by atoms with van der Waals surface area (Å²) in [5, 5.41) is 6.07. The summed E-state index contributed by atoms with van der Waals surface area (Å²) in [5.41, 5.74) is 8.03. The number of nitrogens with zero attached hydrogens (tertiary/aromatic N) is 1. The zero-order chi connectivity index (χ0) is 15.1. The van der Waals surface area contributed by atoms with Crippen LogP contribution in [0.5, 0.6) is 0 Å². The highest BCUT2D eigenvalue weighted by atomic mass is 16.1. The highest BCUT2D eigenvalue weighted by molar-refractivity contribution is 5.96. The number of rotatable bonds is 7. The number of carbonyl (C=O) groups excluding carboxylic acids is 1. The maximum Gasteiger partial charge on any atom is 0.251 e. The van der Waals surface area contributed by atoms with Gasteiger partial charge in [0, 0.05) is 31.2 Å². The van der Waals surface area contributed by atoms with Crippen LogP contribution in [-0.2, 0) is 0 Å². The number of nitrogens with two attached hydrogens (primary N) is 1. The van der Waals surface area contributed by atoms with Gasteiger partial charge in [-0.15, -0.1) is 0 Å². The van der Waals surface area contributed by atoms with Gasteiger partial charge in [0.25, 0.3) is 5.91 Å². The van der Waals surface area contributed by atoms with Gasteiger partial charge >= 0.3 is 0 Å². The lowest BCUT2D eigenvalue weighted by molar-refractivity contribution is 0.0956. The summed E-state index contributed by atoms with van der Waals surface area (Å²) in [7, 11) is 2.08. The van der Waals surface area contributed by atoms with Gasteiger partial charge in [0.15, 0.2) is 0 Å². The predicted molar refractivity (Wildman–Crippen MR) is 85.1 cm³/mol. The standard InChI is InChI=1S/C15H26N4O/c1-5-17-15(20)12-6-7-13(16)14(10-12)18-8-9-19(4)11(2)3/h6-7,10-11,18H,5,8-9,16H2,1-4H3,(H,17,20). The van der Waals surface area contributed by atoms with E-state index in [9.17, 15) is 4.79 Å². The fraction of sp³-hybridized carbons (Fsp3) is 0.533. The van der Waals surface area contributed by atoms with Crippen molar-refractivity contribution >= 4 is 17.3 Å². The molecule has 0 unspecified atom stereocenters. The number of nitrogen functional groups attached to an aromatic ring is 1. The Hall–Kier alpha value is -1.75. The van der Waals surface area contributed by atoms with Crippen molar-refractivity contribution in [3.05, 3.63) is 23.8 Å². The minimum absolute atomic E-state index is 0.0742. The van der Waals surface area contributed by atoms with Crippen LogP contribution >= 0.6 is 0 Å². The van der Waals surface area contributed by atoms with E-state index in [-0.39, 0.29) is 5.91 Å². The Kier molecular flexibility index (Phi) is 6.31. The first-order valence-electron chi connectivity index (χ1n) is 7.07. The molecule has 5 nitrogen and oxygen atoms in total. The molecule has 112 valence electrons. The number of likely N-dealkylation sites (N-methyl/N-ethyl adjacent to an activating group) is 1. The number of benzene rings is 1. The molecule has 0 aliphatic heterocycles. The number of anilines is 2. The van der Waals surface area contributed by atoms with E-state index in [4.69, 9.17) is 5.73 Å². The molecule has 0 saturated carbocycles. The van der Waals surface area contributed by atoms with E-state index in [1.165, 1.54) is 0 Å². The maximum atomic E-state index is 11.8. The molecule has 1 rings (SSSR count). The first-order chi connectivity index (χ1) is 9.45. The van der Waals surface area contributed by atoms with Gasteiger partial charge in [-0.05, 0) is 46.0 Å². The van der Waals surface area contributed by atoms with Crippen LogP contribution in [0, 0.1) is 0 Å². The van der Waals surface area contributed by atoms with E-state index in [0.29, 0.717) is 23.8 Å². The normalized spacial score (nSPS) is 10.9. The van der Waals surface area contributed by atoms with Crippen molar-refractivity contribution in [2.45, 2.75) is 26.8 Å². The molecule has 0 heterocycles. The van der Waals surface area contributed by atoms with Crippen molar-refractivity contribution in [2.75, 3.05) is 37.7 Å². The first kappa shape index (κ1) is 16.3. The van der Waals surface area contributed by atoms with Gasteiger partial charge in [-0.3, -0.25) is 4.79 Å². The zero-order valence-corrected chi connectivity index (χ0v) is 12.9. The molecular formula is C15H26N4O. The summed E-state index contributed by atoms with van der Waals surface area (Å²) in [6.07, 6.45) is 0. The molecule has 0 atom stereocenters. The molecule has 0 bridgehead atoms. The van der Waals surface area contributed by atoms with Gasteiger partial charge < -0.3 is 21.3 Å². The van der Waals surface area contributed by atoms with Crippen LogP contribution in [0.4, 0.5) is 11.4 Å². The fourth-order valence-electron chi connectivity index (χ4n) is 1.74. The maximum absolute atomic E-state index is 11.8. The summed E-state index contributed by atoms with van der Waals surface area (Å²) in [6.45, 7) is 8.54. The van der Waals surface area contributed by atoms with Gasteiger partial charge in [0.05, 0.1) is 11.4 Å². The molecule has 0 radical (unpaired) electrons. The van der Waals surface area contributed by atoms with Gasteiger partial charge in [0.2, 0.25) is 0 Å². The first-order valence-corrected chi connectivity index (χ1v) is 7.07. The molecule has 5 heteroatoms. The summed E-state index contributed by atoms with van der Waals surface area (Å²) in [6, 6.07) is 5.82. The second kappa shape index (κ2) is 7.75. The number of nitrogens with one attached hydrogen (secondary N) is 2. The lowest BCUT2D eigenvalue weighted by Gasteiger charge is -2.21. The lowest BCUT2D eigenvalue weighted by Crippen LogP contribution is -2.31. The predicted octanol–water partition coefficient (Wildman–Crippen LogP) is 1.77. The quantitative estimate of drug-likeness (QED) is 0.665. The number of hydrogen-bond donors (Lipinski definition) is 3. The van der Waals surface area contributed by atoms with Gasteiger partial charge in [-0.25, -0.2) is 0 Å². The molecule has 0 spiro atoms. The average Bonchev–Trinajstić information content (AvgIpc) is 2.40. The van der Waals surface area contributed by atoms with Crippen molar-refractivity contribution in [1.82, 2.24) is 10.2 Å². The van der Waals surface area contributed by atoms with Crippen LogP contribution in [0.3, 0.4) is 0 Å². The molecule has 20 heavy (non-hydrogen) atoms. The molecule has 1 aromatic carbocycles. The van der Waals surface area contributed by atoms with E-state index in [1.54, 1.807) is 18.2 Å². The Morgan fingerprint density at radius 2 is 2.10 bits per heavy atom. The summed E-state index contributed by atoms with van der Waals surface area (Å²) < 4.78 is 0. The van der Waals surface area contributed by atoms with E-state index in [2.05, 4.69) is 36.4 Å². The molecule has 0 aliphatic rings. The van der Waals surface area contributed by atoms with Crippen LogP contribution in [0.2, 0.25) is 0 Å². The third-order valence-corrected chi connectivity index (χ3v) is 3.31. The third-order valence-electron chi connectivity index (χ3n) is 3.31. The number of carbonyl (C=O) groups is 1. The van der Waals surface area contributed by atoms with E-state index in [0.717, 1.165) is 18.8 Å². The van der Waals surface area contributed by atoms with Crippen LogP contribution in [0.25, 0.3) is 0 Å². The van der Waals surface area contributed by atoms with Crippen LogP contribution < -0.4 is 16.4 Å². The fourth-order valence-corrected chi connectivity index (χ4v) is 1.74. The van der Waals surface area contributed by atoms with Gasteiger partial charge in [-0.2, -0.15) is 0 Å². The van der Waals surface area contributed by atoms with Crippen LogP contribution in [0.1, 0.15) is 31.1 Å². The minimum Gasteiger partial charge on any atom is -0.397 e. The molecule has 1 amide bonds. The molecule has 0 aliphatic carbocycles. The second-order valence-corrected chi connectivity index (χ2v) is 5.16. The molecular weight excluding hydrogens is 252 g/mol. The topological polar surface area (TPSA) is 70.4 Å². The summed E-state index contributed by atoms with van der Waals surface area (Å²) in [5.74, 6) is -0.0742. The smallest absolute Gasteiger partial charge is 0.251 e. The monoisotopic (exact) mass is 278 g/mol. The van der Waals surface area contributed by atoms with Gasteiger partial charge in [0.1, 0.15) is 0 Å². The number of amides is 1. The Morgan fingerprint density at radius 3 is 2.70 bits per heavy atom. The van der Waals surface area contributed by atoms with Crippen molar-refractivity contribution in [3.63, 3.8) is 0 Å². The Labute approximate surface area is 121 Å². The van der Waals surface area contributed by atoms with Gasteiger partial charge in [-0.1, -0.05) is 0 Å². The van der Waals surface area contributed by atoms with E-state index in [1.807, 2.05) is 6.92 Å². The number of hydrogen-bond acceptors (Lipinski definition) is 4. The van der Waals surface area contributed by atoms with Crippen LogP contribution in [-0.4, -0.2) is 43.5 Å². The molecule has 0 saturated heterocycles. The Bertz CT molecular complexity index is 445. The summed E-state index contributed by atoms with van der Waals surface area (Å²) in [4.78, 5) is 14.0. The highest BCUT2D eigenvalue weighted by Gasteiger charge is 2.08. The zero-order valence-electron chi connectivity index (χ0n) is 12.9. The molecule has 1 aromatic rings. The molecule has 0 fully saturated rings. The van der Waals surface area contributed by atoms with E-state index >= 15 is 0 Å². The highest BCUT2D eigenvalue weighted by Crippen LogP contribution is 2.19. The van der Waals surface area contributed by atoms with Crippen molar-refractivity contribution < 1.29 is 4.79 Å². The van der Waals surface area contributed by atoms with E-state index < -0.39 is 0 Å². The largest absolute Gasteiger partial charge is 0.397 e. The summed E-state index contributed by atoms with van der Waals surface area (Å²) >= 11 is 0. The Balaban J connectivity index is 2.65. The van der Waals surface area contributed by atoms with Crippen molar-refractivity contribution in [1.29, 1.82) is 0 Å². The average molecular weight is 278 g/mol. The SMILES string of the molecule is CCNC(=O)c1ccc(N)c(NCCN(C)C(C)C)c1. The minimum atomic E-state index is -0.0742. The van der Waals surface area contributed by atoms with Crippen molar-refractivity contribution in [2.24, 2.45) is 0 Å². The second-order valence-electron chi connectivity index (χ2n) is 5.16. The molecule has 4 N–H and O–H groups in total. The lowest BCUT2D eigenvalue weighted by atomic mass is 10.1.